The van der Waals surface area contributed by atoms with Gasteiger partial charge in [-0.05, 0) is 36.4 Å². The van der Waals surface area contributed by atoms with Crippen molar-refractivity contribution in [1.29, 1.82) is 0 Å². The van der Waals surface area contributed by atoms with E-state index in [4.69, 9.17) is 4.74 Å². The summed E-state index contributed by atoms with van der Waals surface area (Å²) in [6, 6.07) is 10.5. The molecule has 0 atom stereocenters. The molecule has 2 rings (SSSR count). The maximum atomic E-state index is 12.4. The molecule has 0 spiro atoms. The lowest BCUT2D eigenvalue weighted by Crippen LogP contribution is -2.30. The Morgan fingerprint density at radius 2 is 1.58 bits per heavy atom. The number of sulfonamides is 1. The van der Waals surface area contributed by atoms with E-state index < -0.39 is 20.9 Å². The molecule has 0 bridgehead atoms. The number of esters is 1. The standard InChI is InChI=1S/C17H18N2O6S/c1-3-18(4-2)26(23,24)16-11-5-13(6-12-16)17(20)25-15-9-7-14(8-10-15)19(21)22/h5-12H,3-4H2,1-2H3. The van der Waals surface area contributed by atoms with Crippen LogP contribution in [0.15, 0.2) is 53.4 Å². The number of carbonyl (C=O) groups excluding carboxylic acids is 1. The minimum atomic E-state index is -3.60. The Bertz CT molecular complexity index is 888. The first-order valence-electron chi connectivity index (χ1n) is 7.86. The molecular weight excluding hydrogens is 360 g/mol. The minimum Gasteiger partial charge on any atom is -0.423 e. The molecule has 0 aliphatic heterocycles. The first-order valence-corrected chi connectivity index (χ1v) is 9.30. The summed E-state index contributed by atoms with van der Waals surface area (Å²) in [5, 5.41) is 10.6. The fraction of sp³-hybridized carbons (Fsp3) is 0.235. The van der Waals surface area contributed by atoms with Gasteiger partial charge < -0.3 is 4.74 Å². The Labute approximate surface area is 151 Å². The second kappa shape index (κ2) is 8.07. The maximum absolute atomic E-state index is 12.4. The van der Waals surface area contributed by atoms with Crippen LogP contribution in [-0.2, 0) is 10.0 Å². The van der Waals surface area contributed by atoms with Gasteiger partial charge in [0, 0.05) is 25.2 Å². The van der Waals surface area contributed by atoms with Gasteiger partial charge in [-0.25, -0.2) is 13.2 Å². The van der Waals surface area contributed by atoms with Crippen molar-refractivity contribution in [2.75, 3.05) is 13.1 Å². The summed E-state index contributed by atoms with van der Waals surface area (Å²) < 4.78 is 31.3. The number of non-ortho nitro benzene ring substituents is 1. The number of carbonyl (C=O) groups is 1. The Morgan fingerprint density at radius 3 is 2.04 bits per heavy atom. The van der Waals surface area contributed by atoms with Crippen molar-refractivity contribution in [3.05, 3.63) is 64.2 Å². The summed E-state index contributed by atoms with van der Waals surface area (Å²) in [5.74, 6) is -0.536. The van der Waals surface area contributed by atoms with Gasteiger partial charge in [0.2, 0.25) is 10.0 Å². The van der Waals surface area contributed by atoms with Crippen LogP contribution in [0.4, 0.5) is 5.69 Å². The number of hydrogen-bond donors (Lipinski definition) is 0. The van der Waals surface area contributed by atoms with E-state index in [9.17, 15) is 23.3 Å². The molecule has 0 unspecified atom stereocenters. The number of rotatable bonds is 7. The summed E-state index contributed by atoms with van der Waals surface area (Å²) in [7, 11) is -3.60. The molecule has 0 N–H and O–H groups in total. The maximum Gasteiger partial charge on any atom is 0.343 e. The molecule has 0 aliphatic rings. The summed E-state index contributed by atoms with van der Waals surface area (Å²) >= 11 is 0. The summed E-state index contributed by atoms with van der Waals surface area (Å²) in [6.07, 6.45) is 0. The first-order chi connectivity index (χ1) is 12.3. The molecule has 138 valence electrons. The van der Waals surface area contributed by atoms with Crippen molar-refractivity contribution in [2.45, 2.75) is 18.7 Å². The number of nitro benzene ring substituents is 1. The number of nitro groups is 1. The van der Waals surface area contributed by atoms with Crippen LogP contribution in [0.1, 0.15) is 24.2 Å². The second-order valence-electron chi connectivity index (χ2n) is 5.25. The Kier molecular flexibility index (Phi) is 6.06. The summed E-state index contributed by atoms with van der Waals surface area (Å²) in [5.41, 5.74) is 0.0533. The minimum absolute atomic E-state index is 0.0908. The molecule has 0 radical (unpaired) electrons. The van der Waals surface area contributed by atoms with Crippen LogP contribution >= 0.6 is 0 Å². The lowest BCUT2D eigenvalue weighted by Gasteiger charge is -2.18. The normalized spacial score (nSPS) is 11.3. The van der Waals surface area contributed by atoms with E-state index in [-0.39, 0.29) is 21.9 Å². The zero-order valence-corrected chi connectivity index (χ0v) is 15.1. The fourth-order valence-corrected chi connectivity index (χ4v) is 3.74. The van der Waals surface area contributed by atoms with Gasteiger partial charge in [0.15, 0.2) is 0 Å². The van der Waals surface area contributed by atoms with Gasteiger partial charge in [-0.1, -0.05) is 13.8 Å². The predicted molar refractivity (Wildman–Crippen MR) is 94.6 cm³/mol. The highest BCUT2D eigenvalue weighted by atomic mass is 32.2. The van der Waals surface area contributed by atoms with E-state index in [2.05, 4.69) is 0 Å². The lowest BCUT2D eigenvalue weighted by molar-refractivity contribution is -0.384. The highest BCUT2D eigenvalue weighted by Crippen LogP contribution is 2.20. The Hall–Kier alpha value is -2.78. The van der Waals surface area contributed by atoms with E-state index in [0.717, 1.165) is 0 Å². The van der Waals surface area contributed by atoms with Crippen molar-refractivity contribution in [3.63, 3.8) is 0 Å². The van der Waals surface area contributed by atoms with Crippen molar-refractivity contribution >= 4 is 21.7 Å². The van der Waals surface area contributed by atoms with Crippen LogP contribution in [0.5, 0.6) is 5.75 Å². The molecule has 0 amide bonds. The third kappa shape index (κ3) is 4.24. The number of ether oxygens (including phenoxy) is 1. The Balaban J connectivity index is 2.15. The molecule has 0 saturated heterocycles. The topological polar surface area (TPSA) is 107 Å². The van der Waals surface area contributed by atoms with E-state index >= 15 is 0 Å². The average molecular weight is 378 g/mol. The monoisotopic (exact) mass is 378 g/mol. The van der Waals surface area contributed by atoms with Crippen LogP contribution in [-0.4, -0.2) is 36.7 Å². The average Bonchev–Trinajstić information content (AvgIpc) is 2.63. The van der Waals surface area contributed by atoms with Crippen molar-refractivity contribution in [3.8, 4) is 5.75 Å². The van der Waals surface area contributed by atoms with Crippen LogP contribution in [0, 0.1) is 10.1 Å². The van der Waals surface area contributed by atoms with Gasteiger partial charge >= 0.3 is 5.97 Å². The highest BCUT2D eigenvalue weighted by Gasteiger charge is 2.22. The van der Waals surface area contributed by atoms with Crippen molar-refractivity contribution < 1.29 is 22.9 Å². The van der Waals surface area contributed by atoms with Crippen LogP contribution in [0.3, 0.4) is 0 Å². The molecule has 2 aromatic carbocycles. The lowest BCUT2D eigenvalue weighted by atomic mass is 10.2. The van der Waals surface area contributed by atoms with Gasteiger partial charge in [0.1, 0.15) is 5.75 Å². The van der Waals surface area contributed by atoms with E-state index in [1.807, 2.05) is 0 Å². The predicted octanol–water partition coefficient (Wildman–Crippen LogP) is 2.84. The number of nitrogens with zero attached hydrogens (tertiary/aromatic N) is 2. The third-order valence-electron chi connectivity index (χ3n) is 3.69. The van der Waals surface area contributed by atoms with Crippen molar-refractivity contribution in [2.24, 2.45) is 0 Å². The molecule has 9 heteroatoms. The van der Waals surface area contributed by atoms with E-state index in [1.165, 1.54) is 52.8 Å². The van der Waals surface area contributed by atoms with E-state index in [0.29, 0.717) is 13.1 Å². The zero-order valence-electron chi connectivity index (χ0n) is 14.3. The molecule has 8 nitrogen and oxygen atoms in total. The number of benzene rings is 2. The smallest absolute Gasteiger partial charge is 0.343 e. The largest absolute Gasteiger partial charge is 0.423 e. The number of hydrogen-bond acceptors (Lipinski definition) is 6. The Morgan fingerprint density at radius 1 is 1.04 bits per heavy atom. The summed E-state index contributed by atoms with van der Waals surface area (Å²) in [4.78, 5) is 22.3. The fourth-order valence-electron chi connectivity index (χ4n) is 2.28. The van der Waals surface area contributed by atoms with Gasteiger partial charge in [0.25, 0.3) is 5.69 Å². The van der Waals surface area contributed by atoms with Crippen molar-refractivity contribution in [1.82, 2.24) is 4.31 Å². The van der Waals surface area contributed by atoms with Gasteiger partial charge in [-0.2, -0.15) is 4.31 Å². The van der Waals surface area contributed by atoms with E-state index in [1.54, 1.807) is 13.8 Å². The van der Waals surface area contributed by atoms with Gasteiger partial charge in [-0.3, -0.25) is 10.1 Å². The van der Waals surface area contributed by atoms with Crippen LogP contribution in [0.2, 0.25) is 0 Å². The molecule has 0 aromatic heterocycles. The summed E-state index contributed by atoms with van der Waals surface area (Å²) in [6.45, 7) is 4.19. The van der Waals surface area contributed by atoms with Gasteiger partial charge in [0.05, 0.1) is 15.4 Å². The van der Waals surface area contributed by atoms with Crippen LogP contribution < -0.4 is 4.74 Å². The quantitative estimate of drug-likeness (QED) is 0.317. The molecular formula is C17H18N2O6S. The SMILES string of the molecule is CCN(CC)S(=O)(=O)c1ccc(C(=O)Oc2ccc([N+](=O)[O-])cc2)cc1. The molecule has 0 heterocycles. The van der Waals surface area contributed by atoms with Gasteiger partial charge in [-0.15, -0.1) is 0 Å². The molecule has 0 aliphatic carbocycles. The first kappa shape index (κ1) is 19.5. The highest BCUT2D eigenvalue weighted by molar-refractivity contribution is 7.89. The molecule has 26 heavy (non-hydrogen) atoms. The zero-order chi connectivity index (χ0) is 19.3. The third-order valence-corrected chi connectivity index (χ3v) is 5.76. The molecule has 2 aromatic rings. The molecule has 0 saturated carbocycles. The molecule has 0 fully saturated rings. The van der Waals surface area contributed by atoms with Crippen LogP contribution in [0.25, 0.3) is 0 Å². The second-order valence-corrected chi connectivity index (χ2v) is 7.19.